The average Bonchev–Trinajstić information content (AvgIpc) is 2.29. The molecule has 17 heavy (non-hydrogen) atoms. The maximum Gasteiger partial charge on any atom is 0.326 e. The second-order valence-electron chi connectivity index (χ2n) is 3.43. The van der Waals surface area contributed by atoms with Crippen LogP contribution in [0.5, 0.6) is 0 Å². The summed E-state index contributed by atoms with van der Waals surface area (Å²) in [6.07, 6.45) is 6.90. The van der Waals surface area contributed by atoms with Crippen molar-refractivity contribution in [1.82, 2.24) is 10.6 Å². The van der Waals surface area contributed by atoms with Crippen molar-refractivity contribution in [2.75, 3.05) is 18.6 Å². The van der Waals surface area contributed by atoms with Crippen molar-refractivity contribution in [3.63, 3.8) is 0 Å². The summed E-state index contributed by atoms with van der Waals surface area (Å²) in [6.45, 7) is 2.41. The topological polar surface area (TPSA) is 78.4 Å². The number of urea groups is 1. The molecule has 6 heteroatoms. The van der Waals surface area contributed by atoms with Crippen molar-refractivity contribution < 1.29 is 14.7 Å². The first-order chi connectivity index (χ1) is 8.11. The van der Waals surface area contributed by atoms with Gasteiger partial charge in [-0.3, -0.25) is 0 Å². The van der Waals surface area contributed by atoms with Crippen LogP contribution in [0.4, 0.5) is 4.79 Å². The van der Waals surface area contributed by atoms with Crippen LogP contribution in [0.15, 0.2) is 12.2 Å². The van der Waals surface area contributed by atoms with Gasteiger partial charge < -0.3 is 15.7 Å². The molecule has 0 bridgehead atoms. The Kier molecular flexibility index (Phi) is 9.33. The molecule has 1 atom stereocenters. The molecule has 0 rings (SSSR count). The van der Waals surface area contributed by atoms with Gasteiger partial charge in [0.1, 0.15) is 6.04 Å². The normalized spacial score (nSPS) is 12.4. The van der Waals surface area contributed by atoms with E-state index in [4.69, 9.17) is 5.11 Å². The van der Waals surface area contributed by atoms with Crippen LogP contribution in [0.1, 0.15) is 19.8 Å². The molecule has 0 heterocycles. The van der Waals surface area contributed by atoms with Crippen molar-refractivity contribution in [2.45, 2.75) is 25.8 Å². The Morgan fingerprint density at radius 3 is 2.71 bits per heavy atom. The van der Waals surface area contributed by atoms with Crippen LogP contribution in [0.25, 0.3) is 0 Å². The first-order valence-corrected chi connectivity index (χ1v) is 6.88. The van der Waals surface area contributed by atoms with Crippen molar-refractivity contribution >= 4 is 23.8 Å². The highest BCUT2D eigenvalue weighted by atomic mass is 32.2. The minimum atomic E-state index is -0.998. The minimum Gasteiger partial charge on any atom is -0.480 e. The Morgan fingerprint density at radius 1 is 1.47 bits per heavy atom. The predicted octanol–water partition coefficient (Wildman–Crippen LogP) is 1.46. The van der Waals surface area contributed by atoms with Crippen LogP contribution in [0, 0.1) is 0 Å². The van der Waals surface area contributed by atoms with Gasteiger partial charge in [-0.15, -0.1) is 0 Å². The number of amides is 2. The van der Waals surface area contributed by atoms with Crippen LogP contribution in [-0.4, -0.2) is 41.7 Å². The maximum atomic E-state index is 11.4. The van der Waals surface area contributed by atoms with Gasteiger partial charge in [0.2, 0.25) is 0 Å². The fourth-order valence-corrected chi connectivity index (χ4v) is 1.61. The number of carbonyl (C=O) groups is 2. The molecule has 3 N–H and O–H groups in total. The fraction of sp³-hybridized carbons (Fsp3) is 0.636. The van der Waals surface area contributed by atoms with E-state index in [1.165, 1.54) is 0 Å². The SMILES string of the molecule is C/C=C/CCNC(=O)N[C@@H](CCSC)C(=O)O. The molecule has 0 aliphatic heterocycles. The molecular formula is C11H20N2O3S. The van der Waals surface area contributed by atoms with Crippen molar-refractivity contribution in [1.29, 1.82) is 0 Å². The standard InChI is InChI=1S/C11H20N2O3S/c1-3-4-5-7-12-11(16)13-9(10(14)15)6-8-17-2/h3-4,9H,5-8H2,1-2H3,(H,14,15)(H2,12,13,16)/b4-3+/t9-/m0/s1. The van der Waals surface area contributed by atoms with E-state index in [1.54, 1.807) is 11.8 Å². The number of rotatable bonds is 8. The molecule has 0 unspecified atom stereocenters. The quantitative estimate of drug-likeness (QED) is 0.456. The summed E-state index contributed by atoms with van der Waals surface area (Å²) in [5.41, 5.74) is 0. The first-order valence-electron chi connectivity index (χ1n) is 5.49. The number of carbonyl (C=O) groups excluding carboxylic acids is 1. The zero-order valence-corrected chi connectivity index (χ0v) is 11.0. The van der Waals surface area contributed by atoms with Crippen LogP contribution in [0.3, 0.4) is 0 Å². The molecular weight excluding hydrogens is 240 g/mol. The van der Waals surface area contributed by atoms with Gasteiger partial charge >= 0.3 is 12.0 Å². The van der Waals surface area contributed by atoms with E-state index >= 15 is 0 Å². The zero-order valence-electron chi connectivity index (χ0n) is 10.2. The van der Waals surface area contributed by atoms with E-state index in [0.29, 0.717) is 18.7 Å². The monoisotopic (exact) mass is 260 g/mol. The smallest absolute Gasteiger partial charge is 0.326 e. The lowest BCUT2D eigenvalue weighted by Crippen LogP contribution is -2.46. The number of carboxylic acid groups (broad SMARTS) is 1. The van der Waals surface area contributed by atoms with Crippen LogP contribution < -0.4 is 10.6 Å². The Morgan fingerprint density at radius 2 is 2.18 bits per heavy atom. The lowest BCUT2D eigenvalue weighted by Gasteiger charge is -2.14. The van der Waals surface area contributed by atoms with Gasteiger partial charge in [-0.2, -0.15) is 11.8 Å². The Bertz CT molecular complexity index is 269. The molecule has 0 spiro atoms. The van der Waals surface area contributed by atoms with Crippen molar-refractivity contribution in [3.8, 4) is 0 Å². The van der Waals surface area contributed by atoms with Crippen molar-refractivity contribution in [3.05, 3.63) is 12.2 Å². The number of hydrogen-bond donors (Lipinski definition) is 3. The minimum absolute atomic E-state index is 0.428. The molecule has 0 aromatic heterocycles. The van der Waals surface area contributed by atoms with Crippen LogP contribution in [-0.2, 0) is 4.79 Å². The summed E-state index contributed by atoms with van der Waals surface area (Å²) < 4.78 is 0. The van der Waals surface area contributed by atoms with Gasteiger partial charge in [0, 0.05) is 6.54 Å². The molecule has 0 fully saturated rings. The summed E-state index contributed by atoms with van der Waals surface area (Å²) in [5.74, 6) is -0.293. The highest BCUT2D eigenvalue weighted by Gasteiger charge is 2.18. The average molecular weight is 260 g/mol. The van der Waals surface area contributed by atoms with E-state index in [9.17, 15) is 9.59 Å². The molecule has 0 radical (unpaired) electrons. The summed E-state index contributed by atoms with van der Waals surface area (Å²) in [7, 11) is 0. The highest BCUT2D eigenvalue weighted by Crippen LogP contribution is 2.00. The lowest BCUT2D eigenvalue weighted by molar-refractivity contribution is -0.139. The second kappa shape index (κ2) is 10.0. The number of hydrogen-bond acceptors (Lipinski definition) is 3. The van der Waals surface area contributed by atoms with E-state index in [-0.39, 0.29) is 0 Å². The van der Waals surface area contributed by atoms with Crippen LogP contribution in [0.2, 0.25) is 0 Å². The molecule has 0 aromatic rings. The molecule has 0 aliphatic rings. The summed E-state index contributed by atoms with van der Waals surface area (Å²) in [6, 6.07) is -1.24. The molecule has 5 nitrogen and oxygen atoms in total. The number of carboxylic acids is 1. The number of thioether (sulfide) groups is 1. The molecule has 0 aliphatic carbocycles. The van der Waals surface area contributed by atoms with Crippen LogP contribution >= 0.6 is 11.8 Å². The van der Waals surface area contributed by atoms with Gasteiger partial charge in [0.25, 0.3) is 0 Å². The Labute approximate surface area is 106 Å². The lowest BCUT2D eigenvalue weighted by atomic mass is 10.2. The van der Waals surface area contributed by atoms with E-state index in [0.717, 1.165) is 6.42 Å². The largest absolute Gasteiger partial charge is 0.480 e. The van der Waals surface area contributed by atoms with Crippen molar-refractivity contribution in [2.24, 2.45) is 0 Å². The third kappa shape index (κ3) is 8.62. The predicted molar refractivity (Wildman–Crippen MR) is 70.4 cm³/mol. The van der Waals surface area contributed by atoms with Gasteiger partial charge in [-0.05, 0) is 31.8 Å². The van der Waals surface area contributed by atoms with E-state index < -0.39 is 18.0 Å². The van der Waals surface area contributed by atoms with Gasteiger partial charge in [-0.1, -0.05) is 12.2 Å². The van der Waals surface area contributed by atoms with E-state index in [2.05, 4.69) is 10.6 Å². The molecule has 2 amide bonds. The van der Waals surface area contributed by atoms with Gasteiger partial charge in [0.05, 0.1) is 0 Å². The third-order valence-corrected chi connectivity index (χ3v) is 2.69. The highest BCUT2D eigenvalue weighted by molar-refractivity contribution is 7.98. The zero-order chi connectivity index (χ0) is 13.1. The number of aliphatic carboxylic acids is 1. The molecule has 0 saturated carbocycles. The first kappa shape index (κ1) is 15.8. The molecule has 0 aromatic carbocycles. The summed E-state index contributed by atoms with van der Waals surface area (Å²) >= 11 is 1.55. The molecule has 98 valence electrons. The maximum absolute atomic E-state index is 11.4. The van der Waals surface area contributed by atoms with Gasteiger partial charge in [0.15, 0.2) is 0 Å². The summed E-state index contributed by atoms with van der Waals surface area (Å²) in [5, 5.41) is 13.9. The Hall–Kier alpha value is -1.17. The number of allylic oxidation sites excluding steroid dienone is 1. The molecule has 0 saturated heterocycles. The second-order valence-corrected chi connectivity index (χ2v) is 4.42. The van der Waals surface area contributed by atoms with Gasteiger partial charge in [-0.25, -0.2) is 9.59 Å². The van der Waals surface area contributed by atoms with E-state index in [1.807, 2.05) is 25.3 Å². The fourth-order valence-electron chi connectivity index (χ4n) is 1.14. The third-order valence-electron chi connectivity index (χ3n) is 2.05. The number of nitrogens with one attached hydrogen (secondary N) is 2. The summed E-state index contributed by atoms with van der Waals surface area (Å²) in [4.78, 5) is 22.2. The Balaban J connectivity index is 3.90.